The Morgan fingerprint density at radius 2 is 1.94 bits per heavy atom. The number of fused-ring (bicyclic) bond motifs is 1. The molecule has 0 heterocycles. The lowest BCUT2D eigenvalue weighted by Crippen LogP contribution is -2.64. The number of ether oxygens (including phenoxy) is 2. The first-order valence-electron chi connectivity index (χ1n) is 10.8. The van der Waals surface area contributed by atoms with Crippen LogP contribution in [0, 0.1) is 11.3 Å². The van der Waals surface area contributed by atoms with Gasteiger partial charge in [0.15, 0.2) is 11.2 Å². The molecule has 2 rings (SSSR count). The zero-order valence-corrected chi connectivity index (χ0v) is 20.9. The lowest BCUT2D eigenvalue weighted by Gasteiger charge is -2.51. The van der Waals surface area contributed by atoms with Crippen LogP contribution < -0.4 is 0 Å². The van der Waals surface area contributed by atoms with Gasteiger partial charge in [-0.1, -0.05) is 26.8 Å². The molecule has 0 aromatic rings. The highest BCUT2D eigenvalue weighted by molar-refractivity contribution is 6.74. The molecule has 0 aromatic heterocycles. The number of ketones is 1. The lowest BCUT2D eigenvalue weighted by atomic mass is 9.57. The summed E-state index contributed by atoms with van der Waals surface area (Å²) in [7, 11) is 0.399. The van der Waals surface area contributed by atoms with Gasteiger partial charge in [-0.2, -0.15) is 0 Å². The monoisotopic (exact) mass is 451 g/mol. The van der Waals surface area contributed by atoms with Crippen molar-refractivity contribution in [3.8, 4) is 0 Å². The van der Waals surface area contributed by atoms with Crippen molar-refractivity contribution in [1.29, 1.82) is 0 Å². The Morgan fingerprint density at radius 1 is 1.29 bits per heavy atom. The minimum absolute atomic E-state index is 0.0221. The number of hydrogen-bond acceptors (Lipinski definition) is 6. The van der Waals surface area contributed by atoms with E-state index in [-0.39, 0.29) is 29.7 Å². The van der Waals surface area contributed by atoms with Crippen molar-refractivity contribution in [2.24, 2.45) is 11.3 Å². The number of amides is 1. The summed E-state index contributed by atoms with van der Waals surface area (Å²) in [5.41, 5.74) is -1.47. The fraction of sp³-hybridized carbons (Fsp3) is 0.696. The van der Waals surface area contributed by atoms with Crippen LogP contribution in [0.5, 0.6) is 0 Å². The van der Waals surface area contributed by atoms with Crippen LogP contribution in [-0.2, 0) is 23.5 Å². The molecular weight excluding hydrogens is 414 g/mol. The Morgan fingerprint density at radius 3 is 2.45 bits per heavy atom. The molecule has 174 valence electrons. The number of Topliss-reactive ketones (excluding diaryl/α,β-unsaturated/α-hetero) is 1. The molecule has 0 radical (unpaired) electrons. The van der Waals surface area contributed by atoms with E-state index in [2.05, 4.69) is 40.4 Å². The van der Waals surface area contributed by atoms with Crippen molar-refractivity contribution < 1.29 is 28.3 Å². The van der Waals surface area contributed by atoms with Crippen molar-refractivity contribution >= 4 is 26.2 Å². The van der Waals surface area contributed by atoms with E-state index in [1.807, 2.05) is 0 Å². The molecule has 0 saturated heterocycles. The molecule has 2 aliphatic rings. The summed E-state index contributed by atoms with van der Waals surface area (Å²) >= 11 is 0. The first-order chi connectivity index (χ1) is 14.4. The predicted octanol–water partition coefficient (Wildman–Crippen LogP) is 4.45. The van der Waals surface area contributed by atoms with Crippen molar-refractivity contribution in [3.05, 3.63) is 24.5 Å². The van der Waals surface area contributed by atoms with Crippen LogP contribution in [0.25, 0.3) is 0 Å². The van der Waals surface area contributed by atoms with E-state index in [0.717, 1.165) is 5.76 Å². The first-order valence-corrected chi connectivity index (χ1v) is 13.7. The summed E-state index contributed by atoms with van der Waals surface area (Å²) < 4.78 is 16.7. The highest BCUT2D eigenvalue weighted by Crippen LogP contribution is 2.52. The lowest BCUT2D eigenvalue weighted by molar-refractivity contribution is -0.170. The maximum Gasteiger partial charge on any atom is 0.410 e. The molecule has 2 aliphatic carbocycles. The van der Waals surface area contributed by atoms with Crippen molar-refractivity contribution in [2.75, 3.05) is 20.8 Å². The number of carbonyl (C=O) groups is 3. The van der Waals surface area contributed by atoms with Gasteiger partial charge in [0.2, 0.25) is 8.32 Å². The van der Waals surface area contributed by atoms with Gasteiger partial charge in [0.1, 0.15) is 0 Å². The molecule has 1 fully saturated rings. The fourth-order valence-corrected chi connectivity index (χ4v) is 5.59. The summed E-state index contributed by atoms with van der Waals surface area (Å²) in [6.45, 7) is 14.6. The van der Waals surface area contributed by atoms with Gasteiger partial charge in [-0.05, 0) is 43.0 Å². The predicted molar refractivity (Wildman–Crippen MR) is 121 cm³/mol. The van der Waals surface area contributed by atoms with Crippen LogP contribution in [0.2, 0.25) is 18.1 Å². The van der Waals surface area contributed by atoms with E-state index in [9.17, 15) is 14.4 Å². The molecule has 1 saturated carbocycles. The normalized spacial score (nSPS) is 26.3. The zero-order chi connectivity index (χ0) is 23.6. The van der Waals surface area contributed by atoms with Crippen LogP contribution in [0.4, 0.5) is 4.79 Å². The summed E-state index contributed by atoms with van der Waals surface area (Å²) in [6.07, 6.45) is 4.82. The third-order valence-corrected chi connectivity index (χ3v) is 11.5. The van der Waals surface area contributed by atoms with Crippen molar-refractivity contribution in [2.45, 2.75) is 70.6 Å². The number of esters is 1. The van der Waals surface area contributed by atoms with E-state index in [1.54, 1.807) is 12.2 Å². The SMILES string of the molecule is C=CCN(C(=O)OC)[C@@H]1C=C(O[Si](C)(C)C(C)(C)C)C[C@@H]2CCCC(=O)[C@@]21C(=O)OC. The molecule has 0 unspecified atom stereocenters. The van der Waals surface area contributed by atoms with Gasteiger partial charge in [-0.25, -0.2) is 4.79 Å². The van der Waals surface area contributed by atoms with Crippen LogP contribution in [-0.4, -0.2) is 57.9 Å². The third-order valence-electron chi connectivity index (χ3n) is 7.11. The highest BCUT2D eigenvalue weighted by atomic mass is 28.4. The molecule has 0 spiro atoms. The topological polar surface area (TPSA) is 82.1 Å². The smallest absolute Gasteiger partial charge is 0.410 e. The van der Waals surface area contributed by atoms with E-state index in [1.165, 1.54) is 19.1 Å². The number of hydrogen-bond donors (Lipinski definition) is 0. The van der Waals surface area contributed by atoms with Crippen LogP contribution in [0.3, 0.4) is 0 Å². The van der Waals surface area contributed by atoms with Crippen LogP contribution >= 0.6 is 0 Å². The van der Waals surface area contributed by atoms with Crippen LogP contribution in [0.1, 0.15) is 46.5 Å². The number of nitrogens with zero attached hydrogens (tertiary/aromatic N) is 1. The maximum atomic E-state index is 13.4. The Labute approximate surface area is 186 Å². The van der Waals surface area contributed by atoms with E-state index < -0.39 is 31.8 Å². The van der Waals surface area contributed by atoms with Gasteiger partial charge in [0.25, 0.3) is 0 Å². The summed E-state index contributed by atoms with van der Waals surface area (Å²) in [5.74, 6) is -0.379. The number of allylic oxidation sites excluding steroid dienone is 1. The Hall–Kier alpha value is -2.09. The zero-order valence-electron chi connectivity index (χ0n) is 19.9. The van der Waals surface area contributed by atoms with Gasteiger partial charge in [-0.3, -0.25) is 14.5 Å². The quantitative estimate of drug-likeness (QED) is 0.257. The number of carbonyl (C=O) groups excluding carboxylic acids is 3. The number of methoxy groups -OCH3 is 2. The summed E-state index contributed by atoms with van der Waals surface area (Å²) in [6, 6.07) is -0.864. The summed E-state index contributed by atoms with van der Waals surface area (Å²) in [5, 5.41) is -0.0221. The second kappa shape index (κ2) is 9.18. The molecule has 0 bridgehead atoms. The minimum atomic E-state index is -2.17. The molecule has 0 aromatic carbocycles. The van der Waals surface area contributed by atoms with E-state index in [0.29, 0.717) is 19.3 Å². The summed E-state index contributed by atoms with van der Waals surface area (Å²) in [4.78, 5) is 40.7. The maximum absolute atomic E-state index is 13.4. The fourth-order valence-electron chi connectivity index (χ4n) is 4.48. The molecular formula is C23H37NO6Si. The average molecular weight is 452 g/mol. The Bertz CT molecular complexity index is 759. The van der Waals surface area contributed by atoms with Gasteiger partial charge >= 0.3 is 12.1 Å². The Kier molecular flexibility index (Phi) is 7.46. The first kappa shape index (κ1) is 25.2. The van der Waals surface area contributed by atoms with Crippen LogP contribution in [0.15, 0.2) is 24.5 Å². The highest BCUT2D eigenvalue weighted by Gasteiger charge is 2.63. The molecule has 31 heavy (non-hydrogen) atoms. The molecule has 0 N–H and O–H groups in total. The van der Waals surface area contributed by atoms with Crippen molar-refractivity contribution in [1.82, 2.24) is 4.90 Å². The van der Waals surface area contributed by atoms with E-state index >= 15 is 0 Å². The molecule has 0 aliphatic heterocycles. The van der Waals surface area contributed by atoms with Gasteiger partial charge in [-0.15, -0.1) is 6.58 Å². The largest absolute Gasteiger partial charge is 0.547 e. The second-order valence-electron chi connectivity index (χ2n) is 9.93. The minimum Gasteiger partial charge on any atom is -0.547 e. The van der Waals surface area contributed by atoms with Crippen molar-refractivity contribution in [3.63, 3.8) is 0 Å². The molecule has 1 amide bonds. The average Bonchev–Trinajstić information content (AvgIpc) is 2.69. The molecule has 3 atom stereocenters. The van der Waals surface area contributed by atoms with Gasteiger partial charge in [0, 0.05) is 19.4 Å². The third kappa shape index (κ3) is 4.45. The molecule has 7 nitrogen and oxygen atoms in total. The second-order valence-corrected chi connectivity index (χ2v) is 14.7. The number of rotatable bonds is 6. The molecule has 8 heteroatoms. The van der Waals surface area contributed by atoms with Gasteiger partial charge in [0.05, 0.1) is 26.0 Å². The standard InChI is InChI=1S/C23H37NO6Si/c1-9-13-24(21(27)29-6)18-15-17(30-31(7,8)22(2,3)4)14-16-11-10-12-19(25)23(16,18)20(26)28-5/h9,15-16,18H,1,10-14H2,2-8H3/t16-,18+,23+/m0/s1. The van der Waals surface area contributed by atoms with E-state index in [4.69, 9.17) is 13.9 Å². The Balaban J connectivity index is 2.69. The van der Waals surface area contributed by atoms with Gasteiger partial charge < -0.3 is 13.9 Å².